The second kappa shape index (κ2) is 34.6. The van der Waals surface area contributed by atoms with Gasteiger partial charge >= 0.3 is 17.9 Å². The number of carbonyl (C=O) groups is 3. The van der Waals surface area contributed by atoms with E-state index in [1.165, 1.54) is 12.8 Å². The first-order valence-electron chi connectivity index (χ1n) is 19.6. The smallest absolute Gasteiger partial charge is 0.362 e. The summed E-state index contributed by atoms with van der Waals surface area (Å²) in [6.07, 6.45) is 43.8. The number of esters is 2. The van der Waals surface area contributed by atoms with Gasteiger partial charge in [0.05, 0.1) is 40.8 Å². The van der Waals surface area contributed by atoms with Crippen LogP contribution in [0.4, 0.5) is 0 Å². The molecular weight excluding hydrogens is 654 g/mol. The minimum atomic E-state index is -0.893. The van der Waals surface area contributed by atoms with Crippen molar-refractivity contribution in [1.29, 1.82) is 0 Å². The Kier molecular flexibility index (Phi) is 32.3. The number of unbranched alkanes of at least 4 members (excludes halogenated alkanes) is 6. The number of nitrogens with zero attached hydrogens (tertiary/aromatic N) is 1. The zero-order valence-corrected chi connectivity index (χ0v) is 33.2. The van der Waals surface area contributed by atoms with E-state index < -0.39 is 24.1 Å². The van der Waals surface area contributed by atoms with Gasteiger partial charge in [-0.3, -0.25) is 9.59 Å². The third-order valence-corrected chi connectivity index (χ3v) is 8.07. The molecule has 0 aliphatic rings. The van der Waals surface area contributed by atoms with Crippen LogP contribution in [0.2, 0.25) is 0 Å². The molecule has 0 rings (SSSR count). The Morgan fingerprint density at radius 3 is 1.60 bits per heavy atom. The molecule has 0 aliphatic carbocycles. The predicted molar refractivity (Wildman–Crippen MR) is 215 cm³/mol. The summed E-state index contributed by atoms with van der Waals surface area (Å²) >= 11 is 0. The molecule has 1 N–H and O–H groups in total. The lowest BCUT2D eigenvalue weighted by Gasteiger charge is -2.31. The largest absolute Gasteiger partial charge is 0.477 e. The van der Waals surface area contributed by atoms with Crippen molar-refractivity contribution in [2.24, 2.45) is 0 Å². The van der Waals surface area contributed by atoms with Crippen LogP contribution in [-0.2, 0) is 28.6 Å². The van der Waals surface area contributed by atoms with Crippen molar-refractivity contribution >= 4 is 17.9 Å². The predicted octanol–water partition coefficient (Wildman–Crippen LogP) is 10.2. The molecule has 0 saturated heterocycles. The molecule has 52 heavy (non-hydrogen) atoms. The lowest BCUT2D eigenvalue weighted by atomic mass is 10.1. The van der Waals surface area contributed by atoms with E-state index in [9.17, 15) is 19.5 Å². The van der Waals surface area contributed by atoms with Gasteiger partial charge in [0.15, 0.2) is 12.1 Å². The van der Waals surface area contributed by atoms with Crippen molar-refractivity contribution < 1.29 is 38.2 Å². The first-order chi connectivity index (χ1) is 25.1. The first-order valence-corrected chi connectivity index (χ1v) is 19.6. The monoisotopic (exact) mass is 727 g/mol. The van der Waals surface area contributed by atoms with Gasteiger partial charge in [-0.25, -0.2) is 4.79 Å². The number of carboxylic acid groups (broad SMARTS) is 1. The third kappa shape index (κ3) is 32.4. The van der Waals surface area contributed by atoms with Gasteiger partial charge in [-0.1, -0.05) is 125 Å². The number of quaternary nitrogens is 1. The topological polar surface area (TPSA) is 99.1 Å². The van der Waals surface area contributed by atoms with Crippen LogP contribution in [0.25, 0.3) is 0 Å². The SMILES string of the molecule is CC/C=C/C/C=C/C/C=C/C/C=C/CCCCCCCCC(=O)OC(COCCC(C(=O)O)[N+](C)(C)C)COC(=O)C/C=C/C/C=C/C/C=C/CC. The molecule has 0 amide bonds. The maximum Gasteiger partial charge on any atom is 0.362 e. The lowest BCUT2D eigenvalue weighted by Crippen LogP contribution is -2.50. The summed E-state index contributed by atoms with van der Waals surface area (Å²) in [5, 5.41) is 9.58. The fourth-order valence-electron chi connectivity index (χ4n) is 5.08. The molecule has 0 aromatic heterocycles. The molecule has 2 atom stereocenters. The zero-order chi connectivity index (χ0) is 38.5. The molecule has 294 valence electrons. The molecule has 0 saturated carbocycles. The zero-order valence-electron chi connectivity index (χ0n) is 33.2. The van der Waals surface area contributed by atoms with Crippen molar-refractivity contribution in [3.8, 4) is 0 Å². The van der Waals surface area contributed by atoms with E-state index in [0.717, 1.165) is 77.0 Å². The van der Waals surface area contributed by atoms with E-state index in [1.807, 2.05) is 27.2 Å². The molecular formula is C44H72NO7+. The number of allylic oxidation sites excluding steroid dienone is 13. The second-order valence-corrected chi connectivity index (χ2v) is 13.8. The van der Waals surface area contributed by atoms with Crippen LogP contribution in [0, 0.1) is 0 Å². The number of carboxylic acids is 1. The summed E-state index contributed by atoms with van der Waals surface area (Å²) in [5.74, 6) is -1.65. The van der Waals surface area contributed by atoms with Crippen molar-refractivity contribution in [2.45, 2.75) is 135 Å². The van der Waals surface area contributed by atoms with Gasteiger partial charge in [0.25, 0.3) is 0 Å². The standard InChI is InChI=1S/C44H71NO7/c1-6-8-10-12-14-16-17-18-19-20-21-22-23-24-25-27-29-31-33-35-43(47)52-40(38-50-37-36-41(44(48)49)45(3,4)5)39-51-42(46)34-32-30-28-26-15-13-11-9-7-2/h8-11,14-16,18-19,21-22,26,30,32,40-41H,6-7,12-13,17,20,23-25,27-29,31,33-39H2,1-5H3/p+1/b10-8+,11-9+,16-14+,19-18+,22-21+,26-15+,32-30+. The van der Waals surface area contributed by atoms with Crippen molar-refractivity contribution in [3.63, 3.8) is 0 Å². The number of aliphatic carboxylic acids is 1. The molecule has 0 aromatic carbocycles. The minimum Gasteiger partial charge on any atom is -0.477 e. The van der Waals surface area contributed by atoms with Gasteiger partial charge in [0.1, 0.15) is 6.61 Å². The Hall–Kier alpha value is -3.49. The Morgan fingerprint density at radius 1 is 0.596 bits per heavy atom. The van der Waals surface area contributed by atoms with Gasteiger partial charge in [-0.2, -0.15) is 0 Å². The maximum atomic E-state index is 12.7. The van der Waals surface area contributed by atoms with Gasteiger partial charge in [0, 0.05) is 12.8 Å². The third-order valence-electron chi connectivity index (χ3n) is 8.07. The second-order valence-electron chi connectivity index (χ2n) is 13.8. The first kappa shape index (κ1) is 48.5. The average molecular weight is 727 g/mol. The highest BCUT2D eigenvalue weighted by Crippen LogP contribution is 2.12. The molecule has 0 radical (unpaired) electrons. The summed E-state index contributed by atoms with van der Waals surface area (Å²) < 4.78 is 17.0. The molecule has 2 unspecified atom stereocenters. The van der Waals surface area contributed by atoms with E-state index in [1.54, 1.807) is 6.08 Å². The Bertz CT molecular complexity index is 1120. The van der Waals surface area contributed by atoms with E-state index in [-0.39, 0.29) is 36.7 Å². The molecule has 0 bridgehead atoms. The number of carbonyl (C=O) groups excluding carboxylic acids is 2. The highest BCUT2D eigenvalue weighted by Gasteiger charge is 2.31. The Balaban J connectivity index is 4.46. The number of rotatable bonds is 33. The Labute approximate surface area is 316 Å². The van der Waals surface area contributed by atoms with Crippen LogP contribution in [0.5, 0.6) is 0 Å². The van der Waals surface area contributed by atoms with Crippen LogP contribution < -0.4 is 0 Å². The quantitative estimate of drug-likeness (QED) is 0.0311. The van der Waals surface area contributed by atoms with Crippen molar-refractivity contribution in [2.75, 3.05) is 41.0 Å². The molecule has 8 heteroatoms. The van der Waals surface area contributed by atoms with Gasteiger partial charge in [0.2, 0.25) is 0 Å². The van der Waals surface area contributed by atoms with Gasteiger partial charge in [-0.15, -0.1) is 0 Å². The average Bonchev–Trinajstić information content (AvgIpc) is 3.09. The minimum absolute atomic E-state index is 0.0227. The fourth-order valence-corrected chi connectivity index (χ4v) is 5.08. The molecule has 8 nitrogen and oxygen atoms in total. The molecule has 0 heterocycles. The summed E-state index contributed by atoms with van der Waals surface area (Å²) in [6.45, 7) is 4.34. The number of ether oxygens (including phenoxy) is 3. The summed E-state index contributed by atoms with van der Waals surface area (Å²) in [5.41, 5.74) is 0. The maximum absolute atomic E-state index is 12.7. The summed E-state index contributed by atoms with van der Waals surface area (Å²) in [6, 6.07) is -0.631. The molecule has 0 aromatic rings. The van der Waals surface area contributed by atoms with Crippen molar-refractivity contribution in [1.82, 2.24) is 0 Å². The fraction of sp³-hybridized carbons (Fsp3) is 0.614. The normalized spacial score (nSPS) is 13.9. The molecule has 0 aliphatic heterocycles. The van der Waals surface area contributed by atoms with Crippen LogP contribution in [0.3, 0.4) is 0 Å². The lowest BCUT2D eigenvalue weighted by molar-refractivity contribution is -0.887. The van der Waals surface area contributed by atoms with Crippen LogP contribution >= 0.6 is 0 Å². The molecule has 0 fully saturated rings. The molecule has 0 spiro atoms. The summed E-state index contributed by atoms with van der Waals surface area (Å²) in [7, 11) is 5.47. The van der Waals surface area contributed by atoms with E-state index in [0.29, 0.717) is 12.8 Å². The highest BCUT2D eigenvalue weighted by molar-refractivity contribution is 5.72. The van der Waals surface area contributed by atoms with Gasteiger partial charge < -0.3 is 23.8 Å². The number of hydrogen-bond donors (Lipinski definition) is 1. The van der Waals surface area contributed by atoms with E-state index >= 15 is 0 Å². The highest BCUT2D eigenvalue weighted by atomic mass is 16.6. The number of likely N-dealkylation sites (N-methyl/N-ethyl adjacent to an activating group) is 1. The summed E-state index contributed by atoms with van der Waals surface area (Å²) in [4.78, 5) is 36.7. The Morgan fingerprint density at radius 2 is 1.08 bits per heavy atom. The van der Waals surface area contributed by atoms with Crippen LogP contribution in [0.1, 0.15) is 123 Å². The van der Waals surface area contributed by atoms with E-state index in [4.69, 9.17) is 14.2 Å². The number of hydrogen-bond acceptors (Lipinski definition) is 6. The van der Waals surface area contributed by atoms with Crippen molar-refractivity contribution in [3.05, 3.63) is 85.1 Å². The van der Waals surface area contributed by atoms with Crippen LogP contribution in [-0.4, -0.2) is 80.6 Å². The van der Waals surface area contributed by atoms with Gasteiger partial charge in [-0.05, 0) is 64.2 Å². The van der Waals surface area contributed by atoms with Crippen LogP contribution in [0.15, 0.2) is 85.1 Å². The van der Waals surface area contributed by atoms with E-state index in [2.05, 4.69) is 86.8 Å².